The minimum atomic E-state index is 0.774. The molecule has 1 aromatic heterocycles. The Labute approximate surface area is 177 Å². The fourth-order valence-electron chi connectivity index (χ4n) is 3.57. The van der Waals surface area contributed by atoms with Crippen molar-refractivity contribution in [2.24, 2.45) is 0 Å². The Bertz CT molecular complexity index is 783. The normalized spacial score (nSPS) is 19.6. The summed E-state index contributed by atoms with van der Waals surface area (Å²) in [6, 6.07) is 8.74. The summed E-state index contributed by atoms with van der Waals surface area (Å²) in [5.74, 6) is 0. The number of quaternary nitrogens is 2. The number of hydrogen-bond acceptors (Lipinski definition) is 5. The van der Waals surface area contributed by atoms with Gasteiger partial charge in [0, 0.05) is 25.3 Å². The molecule has 0 unspecified atom stereocenters. The van der Waals surface area contributed by atoms with E-state index in [0.29, 0.717) is 0 Å². The Kier molecular flexibility index (Phi) is 8.42. The summed E-state index contributed by atoms with van der Waals surface area (Å²) in [7, 11) is 0. The molecule has 3 rings (SSSR count). The van der Waals surface area contributed by atoms with Crippen LogP contribution < -0.4 is 15.1 Å². The molecule has 2 aromatic rings. The monoisotopic (exact) mass is 423 g/mol. The van der Waals surface area contributed by atoms with Crippen molar-refractivity contribution < 1.29 is 14.5 Å². The van der Waals surface area contributed by atoms with Gasteiger partial charge in [-0.3, -0.25) is 0 Å². The fraction of sp³-hybridized carbons (Fsp3) is 0.600. The Balaban J connectivity index is 1.43. The molecule has 8 heteroatoms. The van der Waals surface area contributed by atoms with Crippen LogP contribution in [0.25, 0.3) is 0 Å². The Morgan fingerprint density at radius 2 is 1.96 bits per heavy atom. The second-order valence-corrected chi connectivity index (χ2v) is 9.03. The first-order valence-corrected chi connectivity index (χ1v) is 11.5. The topological polar surface area (TPSA) is 48.0 Å². The number of hydrogen-bond donors (Lipinski definition) is 3. The Morgan fingerprint density at radius 3 is 2.71 bits per heavy atom. The lowest BCUT2D eigenvalue weighted by molar-refractivity contribution is -1.03. The van der Waals surface area contributed by atoms with Crippen molar-refractivity contribution in [3.63, 3.8) is 0 Å². The van der Waals surface area contributed by atoms with E-state index in [1.807, 2.05) is 11.6 Å². The lowest BCUT2D eigenvalue weighted by atomic mass is 10.1. The van der Waals surface area contributed by atoms with E-state index in [2.05, 4.69) is 41.6 Å². The third-order valence-electron chi connectivity index (χ3n) is 5.29. The highest BCUT2D eigenvalue weighted by Crippen LogP contribution is 2.13. The first-order valence-electron chi connectivity index (χ1n) is 10.3. The molecular formula is C20H33N5OS2+2. The smallest absolute Gasteiger partial charge is 0.204 e. The van der Waals surface area contributed by atoms with Crippen LogP contribution in [0, 0.1) is 10.9 Å². The number of nitrogens with one attached hydrogen (secondary N) is 3. The molecule has 0 saturated carbocycles. The number of piperazine rings is 1. The molecule has 1 fully saturated rings. The predicted octanol–water partition coefficient (Wildman–Crippen LogP) is 0.762. The first kappa shape index (κ1) is 21.4. The second kappa shape index (κ2) is 11.0. The van der Waals surface area contributed by atoms with Crippen molar-refractivity contribution >= 4 is 28.7 Å². The zero-order chi connectivity index (χ0) is 19.8. The van der Waals surface area contributed by atoms with E-state index < -0.39 is 0 Å². The molecule has 0 bridgehead atoms. The molecule has 1 saturated heterocycles. The van der Waals surface area contributed by atoms with Crippen LogP contribution in [0.15, 0.2) is 24.3 Å². The van der Waals surface area contributed by atoms with Crippen LogP contribution in [0.2, 0.25) is 0 Å². The van der Waals surface area contributed by atoms with Crippen molar-refractivity contribution in [1.82, 2.24) is 9.78 Å². The van der Waals surface area contributed by atoms with Crippen molar-refractivity contribution in [2.75, 3.05) is 51.3 Å². The number of ether oxygens (including phenoxy) is 1. The highest BCUT2D eigenvalue weighted by Gasteiger charge is 2.24. The van der Waals surface area contributed by atoms with E-state index >= 15 is 0 Å². The third-order valence-corrected chi connectivity index (χ3v) is 6.56. The molecule has 154 valence electrons. The lowest BCUT2D eigenvalue weighted by Crippen LogP contribution is -3.27. The van der Waals surface area contributed by atoms with E-state index in [9.17, 15) is 0 Å². The highest BCUT2D eigenvalue weighted by molar-refractivity contribution is 7.73. The molecule has 0 spiro atoms. The predicted molar refractivity (Wildman–Crippen MR) is 117 cm³/mol. The van der Waals surface area contributed by atoms with Crippen LogP contribution in [0.4, 0.5) is 5.13 Å². The summed E-state index contributed by atoms with van der Waals surface area (Å²) in [5, 5.41) is 8.96. The standard InChI is InChI=1S/C20H31N5OS2/c1-3-26-14-6-9-21-19-22-25(20(27)28-19)16-24-12-10-23(11-13-24)15-18-8-5-4-7-17(18)2/h4-5,7-8H,3,6,9-16H2,1-2H3,(H,21,22)/p+2. The largest absolute Gasteiger partial charge is 0.382 e. The molecule has 1 aliphatic heterocycles. The van der Waals surface area contributed by atoms with Gasteiger partial charge in [0.05, 0.1) is 0 Å². The minimum absolute atomic E-state index is 0.774. The van der Waals surface area contributed by atoms with Gasteiger partial charge >= 0.3 is 0 Å². The molecule has 28 heavy (non-hydrogen) atoms. The SMILES string of the molecule is CCOCCCNc1nn(C[NH+]2CC[NH+](Cc3ccccc3C)CC2)c(=S)s1. The number of anilines is 1. The molecule has 0 amide bonds. The van der Waals surface area contributed by atoms with Crippen molar-refractivity contribution in [1.29, 1.82) is 0 Å². The first-order chi connectivity index (χ1) is 13.7. The maximum Gasteiger partial charge on any atom is 0.204 e. The zero-order valence-corrected chi connectivity index (χ0v) is 18.6. The van der Waals surface area contributed by atoms with E-state index in [0.717, 1.165) is 61.6 Å². The Hall–Kier alpha value is -1.32. The Morgan fingerprint density at radius 1 is 1.21 bits per heavy atom. The molecule has 1 aliphatic rings. The summed E-state index contributed by atoms with van der Waals surface area (Å²) in [6.45, 7) is 13.4. The number of benzene rings is 1. The number of aromatic nitrogens is 2. The van der Waals surface area contributed by atoms with E-state index in [-0.39, 0.29) is 0 Å². The van der Waals surface area contributed by atoms with Crippen LogP contribution in [-0.4, -0.2) is 55.7 Å². The van der Waals surface area contributed by atoms with Crippen LogP contribution in [-0.2, 0) is 18.0 Å². The summed E-state index contributed by atoms with van der Waals surface area (Å²) in [4.78, 5) is 3.24. The molecular weight excluding hydrogens is 390 g/mol. The van der Waals surface area contributed by atoms with Gasteiger partial charge in [0.15, 0.2) is 10.6 Å². The van der Waals surface area contributed by atoms with Gasteiger partial charge in [0.25, 0.3) is 0 Å². The van der Waals surface area contributed by atoms with E-state index in [1.165, 1.54) is 24.2 Å². The van der Waals surface area contributed by atoms with E-state index in [4.69, 9.17) is 17.0 Å². The maximum atomic E-state index is 5.52. The van der Waals surface area contributed by atoms with Crippen LogP contribution in [0.3, 0.4) is 0 Å². The van der Waals surface area contributed by atoms with Crippen molar-refractivity contribution in [3.05, 3.63) is 39.3 Å². The van der Waals surface area contributed by atoms with Gasteiger partial charge in [-0.1, -0.05) is 35.6 Å². The molecule has 1 aromatic carbocycles. The van der Waals surface area contributed by atoms with Crippen LogP contribution in [0.5, 0.6) is 0 Å². The molecule has 3 N–H and O–H groups in total. The van der Waals surface area contributed by atoms with E-state index in [1.54, 1.807) is 21.1 Å². The molecule has 0 radical (unpaired) electrons. The summed E-state index contributed by atoms with van der Waals surface area (Å²) in [5.41, 5.74) is 2.88. The number of rotatable bonds is 10. The molecule has 2 heterocycles. The molecule has 6 nitrogen and oxygen atoms in total. The zero-order valence-electron chi connectivity index (χ0n) is 17.0. The quantitative estimate of drug-likeness (QED) is 0.390. The number of nitrogens with zero attached hydrogens (tertiary/aromatic N) is 2. The summed E-state index contributed by atoms with van der Waals surface area (Å²) in [6.07, 6.45) is 0.983. The minimum Gasteiger partial charge on any atom is -0.382 e. The average Bonchev–Trinajstić information content (AvgIpc) is 3.04. The average molecular weight is 424 g/mol. The highest BCUT2D eigenvalue weighted by atomic mass is 32.1. The van der Waals surface area contributed by atoms with Gasteiger partial charge in [-0.05, 0) is 38.0 Å². The molecule has 0 atom stereocenters. The van der Waals surface area contributed by atoms with Gasteiger partial charge in [0.2, 0.25) is 5.13 Å². The van der Waals surface area contributed by atoms with Gasteiger partial charge < -0.3 is 19.9 Å². The van der Waals surface area contributed by atoms with Gasteiger partial charge in [-0.15, -0.1) is 5.10 Å². The summed E-state index contributed by atoms with van der Waals surface area (Å²) >= 11 is 7.09. The summed E-state index contributed by atoms with van der Waals surface area (Å²) < 4.78 is 8.21. The lowest BCUT2D eigenvalue weighted by Gasteiger charge is -2.29. The fourth-order valence-corrected chi connectivity index (χ4v) is 4.61. The maximum absolute atomic E-state index is 5.52. The van der Waals surface area contributed by atoms with Gasteiger partial charge in [0.1, 0.15) is 32.7 Å². The van der Waals surface area contributed by atoms with Crippen LogP contribution in [0.1, 0.15) is 24.5 Å². The van der Waals surface area contributed by atoms with Crippen molar-refractivity contribution in [3.8, 4) is 0 Å². The second-order valence-electron chi connectivity index (χ2n) is 7.41. The molecule has 0 aliphatic carbocycles. The van der Waals surface area contributed by atoms with Crippen molar-refractivity contribution in [2.45, 2.75) is 33.5 Å². The van der Waals surface area contributed by atoms with Gasteiger partial charge in [-0.25, -0.2) is 0 Å². The number of aryl methyl sites for hydroxylation is 1. The third kappa shape index (κ3) is 6.35. The van der Waals surface area contributed by atoms with Gasteiger partial charge in [-0.2, -0.15) is 4.68 Å². The van der Waals surface area contributed by atoms with Crippen LogP contribution >= 0.6 is 23.6 Å².